The maximum atomic E-state index is 11.9. The molecule has 92 valence electrons. The maximum absolute atomic E-state index is 11.9. The standard InChI is InChI=1S/C12H12N4O2/c1-12(2)10(17)16(11(18)14-12)7-8-3-5-9(15-13)6-4-8/h3-6H,7H2,1-2H3/p+1. The minimum absolute atomic E-state index is 0.208. The first kappa shape index (κ1) is 12.0. The molecule has 1 saturated heterocycles. The lowest BCUT2D eigenvalue weighted by molar-refractivity contribution is -0.130. The normalized spacial score (nSPS) is 17.5. The Morgan fingerprint density at radius 3 is 2.33 bits per heavy atom. The smallest absolute Gasteiger partial charge is 0.324 e. The molecule has 0 spiro atoms. The van der Waals surface area contributed by atoms with E-state index in [-0.39, 0.29) is 18.5 Å². The van der Waals surface area contributed by atoms with Gasteiger partial charge in [-0.15, -0.1) is 0 Å². The van der Waals surface area contributed by atoms with E-state index in [4.69, 9.17) is 5.39 Å². The number of diazo groups is 1. The first-order valence-corrected chi connectivity index (χ1v) is 5.52. The molecule has 6 nitrogen and oxygen atoms in total. The maximum Gasteiger partial charge on any atom is 0.385 e. The molecule has 1 aliphatic heterocycles. The van der Waals surface area contributed by atoms with Gasteiger partial charge >= 0.3 is 11.7 Å². The third-order valence-corrected chi connectivity index (χ3v) is 2.84. The molecule has 1 aromatic carbocycles. The summed E-state index contributed by atoms with van der Waals surface area (Å²) in [5.41, 5.74) is 0.372. The SMILES string of the molecule is CC1(C)NC(=O)N(Cc2ccc([N+]#N)cc2)C1=O. The van der Waals surface area contributed by atoms with Gasteiger partial charge < -0.3 is 5.32 Å². The highest BCUT2D eigenvalue weighted by molar-refractivity contribution is 6.06. The molecule has 1 N–H and O–H groups in total. The second-order valence-electron chi connectivity index (χ2n) is 4.71. The van der Waals surface area contributed by atoms with Crippen molar-refractivity contribution in [3.8, 4) is 0 Å². The van der Waals surface area contributed by atoms with Crippen molar-refractivity contribution in [2.24, 2.45) is 0 Å². The highest BCUT2D eigenvalue weighted by atomic mass is 16.2. The molecule has 0 atom stereocenters. The molecule has 1 aromatic rings. The summed E-state index contributed by atoms with van der Waals surface area (Å²) in [5.74, 6) is -0.247. The zero-order chi connectivity index (χ0) is 13.3. The van der Waals surface area contributed by atoms with Crippen LogP contribution in [0.2, 0.25) is 0 Å². The van der Waals surface area contributed by atoms with E-state index in [9.17, 15) is 9.59 Å². The molecule has 2 rings (SSSR count). The van der Waals surface area contributed by atoms with E-state index in [0.29, 0.717) is 5.69 Å². The minimum Gasteiger partial charge on any atom is -0.324 e. The van der Waals surface area contributed by atoms with Crippen molar-refractivity contribution in [2.75, 3.05) is 0 Å². The summed E-state index contributed by atoms with van der Waals surface area (Å²) in [5, 5.41) is 11.2. The Hall–Kier alpha value is -2.42. The predicted octanol–water partition coefficient (Wildman–Crippen LogP) is 2.00. The number of imide groups is 1. The summed E-state index contributed by atoms with van der Waals surface area (Å²) in [7, 11) is 0. The van der Waals surface area contributed by atoms with Gasteiger partial charge in [-0.1, -0.05) is 0 Å². The summed E-state index contributed by atoms with van der Waals surface area (Å²) in [6, 6.07) is 6.25. The van der Waals surface area contributed by atoms with Gasteiger partial charge in [0.05, 0.1) is 6.54 Å². The van der Waals surface area contributed by atoms with Crippen LogP contribution in [0.5, 0.6) is 0 Å². The molecule has 0 unspecified atom stereocenters. The van der Waals surface area contributed by atoms with E-state index in [2.05, 4.69) is 10.3 Å². The first-order chi connectivity index (χ1) is 8.44. The van der Waals surface area contributed by atoms with Gasteiger partial charge in [0.25, 0.3) is 5.91 Å². The number of hydrogen-bond acceptors (Lipinski definition) is 3. The van der Waals surface area contributed by atoms with Crippen LogP contribution >= 0.6 is 0 Å². The highest BCUT2D eigenvalue weighted by Gasteiger charge is 2.43. The third kappa shape index (κ3) is 2.02. The van der Waals surface area contributed by atoms with Crippen LogP contribution in [0.15, 0.2) is 24.3 Å². The summed E-state index contributed by atoms with van der Waals surface area (Å²) in [6.07, 6.45) is 0. The predicted molar refractivity (Wildman–Crippen MR) is 64.3 cm³/mol. The zero-order valence-electron chi connectivity index (χ0n) is 10.2. The van der Waals surface area contributed by atoms with Crippen LogP contribution in [0.25, 0.3) is 4.98 Å². The van der Waals surface area contributed by atoms with Gasteiger partial charge in [-0.05, 0) is 31.5 Å². The van der Waals surface area contributed by atoms with E-state index in [0.717, 1.165) is 5.56 Å². The van der Waals surface area contributed by atoms with E-state index in [1.54, 1.807) is 38.1 Å². The van der Waals surface area contributed by atoms with Crippen molar-refractivity contribution in [1.82, 2.24) is 10.2 Å². The van der Waals surface area contributed by atoms with Gasteiger partial charge in [0, 0.05) is 12.1 Å². The van der Waals surface area contributed by atoms with Crippen molar-refractivity contribution in [2.45, 2.75) is 25.9 Å². The van der Waals surface area contributed by atoms with Crippen molar-refractivity contribution < 1.29 is 9.59 Å². The Balaban J connectivity index is 2.17. The van der Waals surface area contributed by atoms with Gasteiger partial charge in [-0.3, -0.25) is 9.69 Å². The fourth-order valence-corrected chi connectivity index (χ4v) is 1.81. The average Bonchev–Trinajstić information content (AvgIpc) is 2.52. The second kappa shape index (κ2) is 4.11. The number of nitrogens with one attached hydrogen (secondary N) is 1. The molecule has 18 heavy (non-hydrogen) atoms. The van der Waals surface area contributed by atoms with Gasteiger partial charge in [-0.25, -0.2) is 4.79 Å². The molecule has 0 saturated carbocycles. The van der Waals surface area contributed by atoms with E-state index in [1.165, 1.54) is 4.90 Å². The number of carbonyl (C=O) groups excluding carboxylic acids is 2. The Kier molecular flexibility index (Phi) is 2.75. The molecule has 0 aliphatic carbocycles. The molecule has 1 fully saturated rings. The lowest BCUT2D eigenvalue weighted by atomic mass is 10.1. The number of carbonyl (C=O) groups is 2. The van der Waals surface area contributed by atoms with Crippen LogP contribution in [0.1, 0.15) is 19.4 Å². The largest absolute Gasteiger partial charge is 0.385 e. The summed E-state index contributed by atoms with van der Waals surface area (Å²) < 4.78 is 0. The molecule has 1 heterocycles. The molecule has 6 heteroatoms. The Bertz CT molecular complexity index is 542. The number of nitrogens with zero attached hydrogens (tertiary/aromatic N) is 3. The molecule has 0 bridgehead atoms. The van der Waals surface area contributed by atoms with Crippen molar-refractivity contribution in [3.05, 3.63) is 34.8 Å². The Morgan fingerprint density at radius 1 is 1.28 bits per heavy atom. The van der Waals surface area contributed by atoms with E-state index >= 15 is 0 Å². The van der Waals surface area contributed by atoms with E-state index < -0.39 is 5.54 Å². The number of rotatable bonds is 2. The number of amides is 3. The third-order valence-electron chi connectivity index (χ3n) is 2.84. The molecular weight excluding hydrogens is 232 g/mol. The zero-order valence-corrected chi connectivity index (χ0v) is 10.2. The molecule has 3 amide bonds. The minimum atomic E-state index is -0.850. The average molecular weight is 245 g/mol. The van der Waals surface area contributed by atoms with Gasteiger partial charge in [0.1, 0.15) is 5.54 Å². The topological polar surface area (TPSA) is 77.6 Å². The van der Waals surface area contributed by atoms with E-state index in [1.807, 2.05) is 0 Å². The number of hydrogen-bond donors (Lipinski definition) is 1. The lowest BCUT2D eigenvalue weighted by Crippen LogP contribution is -2.40. The van der Waals surface area contributed by atoms with Crippen LogP contribution in [-0.4, -0.2) is 22.4 Å². The lowest BCUT2D eigenvalue weighted by Gasteiger charge is -2.15. The monoisotopic (exact) mass is 245 g/mol. The van der Waals surface area contributed by atoms with Crippen molar-refractivity contribution >= 4 is 17.6 Å². The summed E-state index contributed by atoms with van der Waals surface area (Å²) >= 11 is 0. The molecule has 1 aliphatic rings. The van der Waals surface area contributed by atoms with Gasteiger partial charge in [0.2, 0.25) is 5.39 Å². The van der Waals surface area contributed by atoms with Crippen molar-refractivity contribution in [1.29, 1.82) is 5.39 Å². The first-order valence-electron chi connectivity index (χ1n) is 5.52. The number of benzene rings is 1. The quantitative estimate of drug-likeness (QED) is 0.639. The van der Waals surface area contributed by atoms with Gasteiger partial charge in [0.15, 0.2) is 4.98 Å². The fraction of sp³-hybridized carbons (Fsp3) is 0.333. The molecular formula is C12H13N4O2+. The van der Waals surface area contributed by atoms with Crippen LogP contribution < -0.4 is 5.32 Å². The Morgan fingerprint density at radius 2 is 1.89 bits per heavy atom. The fourth-order valence-electron chi connectivity index (χ4n) is 1.81. The van der Waals surface area contributed by atoms with Crippen molar-refractivity contribution in [3.63, 3.8) is 0 Å². The molecule has 0 radical (unpaired) electrons. The van der Waals surface area contributed by atoms with Crippen LogP contribution in [-0.2, 0) is 11.3 Å². The van der Waals surface area contributed by atoms with Crippen LogP contribution in [0.3, 0.4) is 0 Å². The highest BCUT2D eigenvalue weighted by Crippen LogP contribution is 2.20. The molecule has 0 aromatic heterocycles. The van der Waals surface area contributed by atoms with Crippen LogP contribution in [0, 0.1) is 5.39 Å². The Labute approximate surface area is 104 Å². The van der Waals surface area contributed by atoms with Crippen LogP contribution in [0.4, 0.5) is 10.5 Å². The summed E-state index contributed by atoms with van der Waals surface area (Å²) in [4.78, 5) is 27.8. The van der Waals surface area contributed by atoms with Gasteiger partial charge in [-0.2, -0.15) is 0 Å². The summed E-state index contributed by atoms with van der Waals surface area (Å²) in [6.45, 7) is 3.54. The second-order valence-corrected chi connectivity index (χ2v) is 4.71. The number of urea groups is 1.